The van der Waals surface area contributed by atoms with Crippen LogP contribution in [0.15, 0.2) is 217 Å². The molecule has 0 saturated carbocycles. The van der Waals surface area contributed by atoms with E-state index < -0.39 is 0 Å². The number of hydrogen-bond acceptors (Lipinski definition) is 5. The molecule has 292 valence electrons. The Balaban J connectivity index is 0.998. The Morgan fingerprint density at radius 2 is 1.03 bits per heavy atom. The fourth-order valence-electron chi connectivity index (χ4n) is 8.51. The Kier molecular flexibility index (Phi) is 9.25. The lowest BCUT2D eigenvalue weighted by Crippen LogP contribution is -2.20. The van der Waals surface area contributed by atoms with Gasteiger partial charge in [-0.3, -0.25) is 5.41 Å². The summed E-state index contributed by atoms with van der Waals surface area (Å²) in [4.78, 5) is 10.4. The largest absolute Gasteiger partial charge is 0.456 e. The van der Waals surface area contributed by atoms with Gasteiger partial charge in [0.05, 0.1) is 22.8 Å². The molecule has 10 aromatic rings. The first-order valence-electron chi connectivity index (χ1n) is 20.7. The Morgan fingerprint density at radius 3 is 1.81 bits per heavy atom. The monoisotopic (exact) mass is 794 g/mol. The van der Waals surface area contributed by atoms with Crippen molar-refractivity contribution < 1.29 is 4.42 Å². The van der Waals surface area contributed by atoms with E-state index in [1.165, 1.54) is 0 Å². The molecule has 0 amide bonds. The molecule has 0 spiro atoms. The number of rotatable bonds is 8. The number of nitrogens with zero attached hydrogens (tertiary/aromatic N) is 2. The molecule has 0 bridgehead atoms. The van der Waals surface area contributed by atoms with Crippen molar-refractivity contribution in [2.75, 3.05) is 0 Å². The highest BCUT2D eigenvalue weighted by Gasteiger charge is 2.24. The smallest absolute Gasteiger partial charge is 0.160 e. The first kappa shape index (κ1) is 36.7. The number of para-hydroxylation sites is 1. The van der Waals surface area contributed by atoms with Crippen molar-refractivity contribution in [3.05, 3.63) is 240 Å². The van der Waals surface area contributed by atoms with E-state index in [-0.39, 0.29) is 0 Å². The van der Waals surface area contributed by atoms with E-state index in [1.54, 1.807) is 0 Å². The summed E-state index contributed by atoms with van der Waals surface area (Å²) in [6.07, 6.45) is 2.19. The van der Waals surface area contributed by atoms with Crippen LogP contribution in [0, 0.1) is 5.41 Å². The number of aromatic nitrogens is 2. The summed E-state index contributed by atoms with van der Waals surface area (Å²) in [6.45, 7) is 0. The van der Waals surface area contributed by atoms with Crippen molar-refractivity contribution in [1.82, 2.24) is 15.3 Å². The van der Waals surface area contributed by atoms with Crippen molar-refractivity contribution in [3.63, 3.8) is 0 Å². The summed E-state index contributed by atoms with van der Waals surface area (Å²) in [7, 11) is 0. The molecular formula is C57H38N4O. The van der Waals surface area contributed by atoms with E-state index in [2.05, 4.69) is 145 Å². The molecule has 1 aliphatic heterocycles. The van der Waals surface area contributed by atoms with Gasteiger partial charge in [-0.1, -0.05) is 188 Å². The van der Waals surface area contributed by atoms with Crippen molar-refractivity contribution >= 4 is 50.7 Å². The lowest BCUT2D eigenvalue weighted by atomic mass is 9.88. The van der Waals surface area contributed by atoms with Gasteiger partial charge < -0.3 is 9.73 Å². The average Bonchev–Trinajstić information content (AvgIpc) is 3.74. The zero-order valence-electron chi connectivity index (χ0n) is 33.6. The Labute approximate surface area is 359 Å². The molecular weight excluding hydrogens is 757 g/mol. The van der Waals surface area contributed by atoms with Crippen LogP contribution in [-0.4, -0.2) is 15.7 Å². The Morgan fingerprint density at radius 1 is 0.452 bits per heavy atom. The molecule has 2 aromatic heterocycles. The van der Waals surface area contributed by atoms with Crippen molar-refractivity contribution in [1.29, 1.82) is 5.41 Å². The molecule has 11 rings (SSSR count). The predicted octanol–water partition coefficient (Wildman–Crippen LogP) is 14.1. The van der Waals surface area contributed by atoms with Crippen LogP contribution in [0.2, 0.25) is 0 Å². The van der Waals surface area contributed by atoms with Crippen LogP contribution in [0.25, 0.3) is 90.0 Å². The zero-order chi connectivity index (χ0) is 41.4. The minimum atomic E-state index is 0.417. The first-order valence-corrected chi connectivity index (χ1v) is 20.7. The van der Waals surface area contributed by atoms with Gasteiger partial charge in [0.2, 0.25) is 0 Å². The van der Waals surface area contributed by atoms with Gasteiger partial charge in [-0.2, -0.15) is 0 Å². The van der Waals surface area contributed by atoms with Crippen LogP contribution in [0.5, 0.6) is 0 Å². The summed E-state index contributed by atoms with van der Waals surface area (Å²) < 4.78 is 6.24. The average molecular weight is 795 g/mol. The molecule has 62 heavy (non-hydrogen) atoms. The summed E-state index contributed by atoms with van der Waals surface area (Å²) >= 11 is 0. The minimum absolute atomic E-state index is 0.417. The highest BCUT2D eigenvalue weighted by molar-refractivity contribution is 6.36. The molecule has 0 aliphatic carbocycles. The predicted molar refractivity (Wildman–Crippen MR) is 255 cm³/mol. The van der Waals surface area contributed by atoms with Crippen LogP contribution in [-0.2, 0) is 0 Å². The highest BCUT2D eigenvalue weighted by atomic mass is 16.3. The molecule has 8 aromatic carbocycles. The van der Waals surface area contributed by atoms with E-state index >= 15 is 0 Å². The van der Waals surface area contributed by atoms with Crippen molar-refractivity contribution in [2.45, 2.75) is 0 Å². The maximum Gasteiger partial charge on any atom is 0.160 e. The quantitative estimate of drug-likeness (QED) is 0.150. The van der Waals surface area contributed by atoms with Gasteiger partial charge >= 0.3 is 0 Å². The number of nitrogens with one attached hydrogen (secondary N) is 2. The molecule has 1 aliphatic rings. The molecule has 0 atom stereocenters. The summed E-state index contributed by atoms with van der Waals surface area (Å²) in [6, 6.07) is 72.3. The molecule has 5 nitrogen and oxygen atoms in total. The van der Waals surface area contributed by atoms with Crippen LogP contribution in [0.3, 0.4) is 0 Å². The third-order valence-electron chi connectivity index (χ3n) is 11.5. The molecule has 5 heteroatoms. The maximum atomic E-state index is 9.87. The third kappa shape index (κ3) is 6.78. The van der Waals surface area contributed by atoms with E-state index in [9.17, 15) is 5.41 Å². The van der Waals surface area contributed by atoms with Gasteiger partial charge in [0.1, 0.15) is 11.2 Å². The molecule has 3 heterocycles. The standard InChI is InChI=1S/C57H38N4O/c58-55(53(40-20-8-3-9-21-40)56-46-25-11-10-22-43(46)35-48(59-56)37-16-4-1-5-17-37)41-32-30-39(31-33-41)50-36-49(38-18-6-2-7-19-38)60-57(61-50)44-24-14-23-42(34-44)45-27-15-29-52-54(45)47-26-12-13-28-51(47)62-52/h1-36,58-59H/b56-53-,58-55?. The lowest BCUT2D eigenvalue weighted by molar-refractivity contribution is 0.669. The number of fused-ring (bicyclic) bond motifs is 4. The van der Waals surface area contributed by atoms with Crippen molar-refractivity contribution in [2.24, 2.45) is 0 Å². The second-order valence-corrected chi connectivity index (χ2v) is 15.4. The SMILES string of the molecule is N=C(/C(=C1\NC(c2ccccc2)=Cc2ccccc21)c1ccccc1)c1ccc(-c2cc(-c3ccccc3)nc(-c3cccc(-c4cccc5oc6ccccc6c45)c3)n2)cc1. The van der Waals surface area contributed by atoms with Gasteiger partial charge in [0, 0.05) is 49.9 Å². The summed E-state index contributed by atoms with van der Waals surface area (Å²) in [5, 5.41) is 15.8. The normalized spacial score (nSPS) is 13.0. The fraction of sp³-hybridized carbons (Fsp3) is 0. The minimum Gasteiger partial charge on any atom is -0.456 e. The number of hydrogen-bond donors (Lipinski definition) is 2. The van der Waals surface area contributed by atoms with Crippen LogP contribution >= 0.6 is 0 Å². The van der Waals surface area contributed by atoms with Gasteiger partial charge in [-0.05, 0) is 58.2 Å². The number of allylic oxidation sites excluding steroid dienone is 1. The molecule has 0 fully saturated rings. The van der Waals surface area contributed by atoms with Crippen LogP contribution in [0.4, 0.5) is 0 Å². The van der Waals surface area contributed by atoms with Gasteiger partial charge in [-0.15, -0.1) is 0 Å². The fourth-order valence-corrected chi connectivity index (χ4v) is 8.51. The maximum absolute atomic E-state index is 9.87. The number of furan rings is 1. The van der Waals surface area contributed by atoms with E-state index in [0.29, 0.717) is 11.5 Å². The second kappa shape index (κ2) is 15.6. The third-order valence-corrected chi connectivity index (χ3v) is 11.5. The van der Waals surface area contributed by atoms with E-state index in [4.69, 9.17) is 14.4 Å². The van der Waals surface area contributed by atoms with Gasteiger partial charge in [-0.25, -0.2) is 9.97 Å². The molecule has 0 radical (unpaired) electrons. The van der Waals surface area contributed by atoms with Crippen LogP contribution < -0.4 is 5.32 Å². The second-order valence-electron chi connectivity index (χ2n) is 15.4. The van der Waals surface area contributed by atoms with E-state index in [1.807, 2.05) is 78.9 Å². The highest BCUT2D eigenvalue weighted by Crippen LogP contribution is 2.39. The number of benzene rings is 8. The Hall–Kier alpha value is -8.41. The Bertz CT molecular complexity index is 3370. The first-order chi connectivity index (χ1) is 30.6. The summed E-state index contributed by atoms with van der Waals surface area (Å²) in [5.41, 5.74) is 16.5. The molecule has 0 saturated heterocycles. The topological polar surface area (TPSA) is 74.8 Å². The zero-order valence-corrected chi connectivity index (χ0v) is 33.6. The van der Waals surface area contributed by atoms with Crippen LogP contribution in [0.1, 0.15) is 27.8 Å². The molecule has 0 unspecified atom stereocenters. The molecule has 2 N–H and O–H groups in total. The van der Waals surface area contributed by atoms with Gasteiger partial charge in [0.25, 0.3) is 0 Å². The lowest BCUT2D eigenvalue weighted by Gasteiger charge is -2.26. The van der Waals surface area contributed by atoms with E-state index in [0.717, 1.165) is 106 Å². The summed E-state index contributed by atoms with van der Waals surface area (Å²) in [5.74, 6) is 0.629. The van der Waals surface area contributed by atoms with Gasteiger partial charge in [0.15, 0.2) is 5.82 Å². The van der Waals surface area contributed by atoms with Crippen molar-refractivity contribution in [3.8, 4) is 45.0 Å².